The van der Waals surface area contributed by atoms with Crippen LogP contribution in [0.5, 0.6) is 0 Å². The fourth-order valence-electron chi connectivity index (χ4n) is 1.50. The van der Waals surface area contributed by atoms with Crippen molar-refractivity contribution in [2.45, 2.75) is 45.3 Å². The smallest absolute Gasteiger partial charge is 0.407 e. The van der Waals surface area contributed by atoms with Crippen LogP contribution in [0, 0.1) is 0 Å². The molecule has 0 aliphatic carbocycles. The molecule has 0 radical (unpaired) electrons. The van der Waals surface area contributed by atoms with Gasteiger partial charge in [0.25, 0.3) is 0 Å². The zero-order valence-electron chi connectivity index (χ0n) is 10.8. The van der Waals surface area contributed by atoms with Gasteiger partial charge in [-0.2, -0.15) is 0 Å². The number of ether oxygens (including phenoxy) is 1. The number of alkyl carbamates (subject to hydrolysis) is 1. The Labute approximate surface area is 107 Å². The highest BCUT2D eigenvalue weighted by Gasteiger charge is 2.17. The van der Waals surface area contributed by atoms with Gasteiger partial charge in [-0.1, -0.05) is 0 Å². The van der Waals surface area contributed by atoms with Gasteiger partial charge >= 0.3 is 6.09 Å². The van der Waals surface area contributed by atoms with Gasteiger partial charge < -0.3 is 15.8 Å². The van der Waals surface area contributed by atoms with Crippen molar-refractivity contribution < 1.29 is 9.53 Å². The molecule has 0 saturated carbocycles. The molecule has 1 aliphatic heterocycles. The maximum absolute atomic E-state index is 11.4. The summed E-state index contributed by atoms with van der Waals surface area (Å²) in [5.74, 6) is 1.13. The van der Waals surface area contributed by atoms with Crippen LogP contribution in [0.2, 0.25) is 0 Å². The molecule has 3 N–H and O–H groups in total. The summed E-state index contributed by atoms with van der Waals surface area (Å²) in [6.45, 7) is 6.09. The number of amides is 1. The maximum atomic E-state index is 11.4. The molecule has 0 fully saturated rings. The van der Waals surface area contributed by atoms with E-state index in [1.807, 2.05) is 20.8 Å². The van der Waals surface area contributed by atoms with Crippen molar-refractivity contribution in [1.29, 1.82) is 0 Å². The number of hydrogen-bond donors (Lipinski definition) is 2. The first-order valence-corrected chi connectivity index (χ1v) is 6.96. The summed E-state index contributed by atoms with van der Waals surface area (Å²) < 4.78 is 5.14. The van der Waals surface area contributed by atoms with Crippen molar-refractivity contribution in [1.82, 2.24) is 5.32 Å². The molecule has 1 rings (SSSR count). The average Bonchev–Trinajstić information content (AvgIpc) is 2.66. The second-order valence-corrected chi connectivity index (χ2v) is 6.11. The summed E-state index contributed by atoms with van der Waals surface area (Å²) in [6, 6.07) is 0.0555. The van der Waals surface area contributed by atoms with Gasteiger partial charge in [0.2, 0.25) is 0 Å². The number of thioether (sulfide) groups is 1. The SMILES string of the molecule is CC(C)(C)OC(=O)NCCC(N)C1=CSCC1. The van der Waals surface area contributed by atoms with E-state index in [4.69, 9.17) is 10.5 Å². The molecule has 98 valence electrons. The van der Waals surface area contributed by atoms with E-state index in [2.05, 4.69) is 10.7 Å². The van der Waals surface area contributed by atoms with Crippen LogP contribution in [0.4, 0.5) is 4.79 Å². The molecule has 1 aliphatic rings. The van der Waals surface area contributed by atoms with Gasteiger partial charge in [-0.3, -0.25) is 0 Å². The van der Waals surface area contributed by atoms with E-state index in [-0.39, 0.29) is 12.1 Å². The van der Waals surface area contributed by atoms with Crippen LogP contribution in [0.3, 0.4) is 0 Å². The zero-order chi connectivity index (χ0) is 12.9. The molecule has 17 heavy (non-hydrogen) atoms. The number of carbonyl (C=O) groups is 1. The Morgan fingerprint density at radius 1 is 1.65 bits per heavy atom. The predicted molar refractivity (Wildman–Crippen MR) is 72.0 cm³/mol. The fraction of sp³-hybridized carbons (Fsp3) is 0.750. The molecule has 0 bridgehead atoms. The van der Waals surface area contributed by atoms with Crippen molar-refractivity contribution in [3.8, 4) is 0 Å². The Morgan fingerprint density at radius 3 is 2.88 bits per heavy atom. The molecule has 0 saturated heterocycles. The second kappa shape index (κ2) is 6.31. The van der Waals surface area contributed by atoms with Crippen LogP contribution in [0.15, 0.2) is 11.0 Å². The van der Waals surface area contributed by atoms with Crippen LogP contribution in [-0.4, -0.2) is 30.0 Å². The maximum Gasteiger partial charge on any atom is 0.407 e. The van der Waals surface area contributed by atoms with E-state index < -0.39 is 5.60 Å². The van der Waals surface area contributed by atoms with Gasteiger partial charge in [0, 0.05) is 18.3 Å². The highest BCUT2D eigenvalue weighted by Crippen LogP contribution is 2.24. The van der Waals surface area contributed by atoms with E-state index >= 15 is 0 Å². The summed E-state index contributed by atoms with van der Waals surface area (Å²) >= 11 is 1.80. The van der Waals surface area contributed by atoms with Crippen molar-refractivity contribution in [3.63, 3.8) is 0 Å². The minimum atomic E-state index is -0.448. The summed E-state index contributed by atoms with van der Waals surface area (Å²) in [4.78, 5) is 11.4. The normalized spacial score (nSPS) is 17.5. The lowest BCUT2D eigenvalue weighted by atomic mass is 10.0. The Hall–Kier alpha value is -0.680. The first kappa shape index (κ1) is 14.4. The molecule has 1 atom stereocenters. The van der Waals surface area contributed by atoms with Gasteiger partial charge in [0.15, 0.2) is 0 Å². The van der Waals surface area contributed by atoms with Gasteiger partial charge in [-0.25, -0.2) is 4.79 Å². The fourth-order valence-corrected chi connectivity index (χ4v) is 2.48. The minimum Gasteiger partial charge on any atom is -0.444 e. The average molecular weight is 258 g/mol. The van der Waals surface area contributed by atoms with Gasteiger partial charge in [0.1, 0.15) is 5.60 Å². The lowest BCUT2D eigenvalue weighted by molar-refractivity contribution is 0.0527. The number of nitrogens with two attached hydrogens (primary N) is 1. The van der Waals surface area contributed by atoms with Crippen molar-refractivity contribution in [2.24, 2.45) is 5.73 Å². The Morgan fingerprint density at radius 2 is 2.35 bits per heavy atom. The molecule has 0 spiro atoms. The zero-order valence-corrected chi connectivity index (χ0v) is 11.6. The summed E-state index contributed by atoms with van der Waals surface area (Å²) in [5.41, 5.74) is 6.86. The molecule has 0 aromatic carbocycles. The Kier molecular flexibility index (Phi) is 5.33. The third kappa shape index (κ3) is 5.98. The van der Waals surface area contributed by atoms with E-state index in [0.717, 1.165) is 18.6 Å². The summed E-state index contributed by atoms with van der Waals surface area (Å²) in [6.07, 6.45) is 1.45. The topological polar surface area (TPSA) is 64.3 Å². The highest BCUT2D eigenvalue weighted by molar-refractivity contribution is 8.02. The van der Waals surface area contributed by atoms with Crippen LogP contribution in [0.1, 0.15) is 33.6 Å². The lowest BCUT2D eigenvalue weighted by Gasteiger charge is -2.20. The minimum absolute atomic E-state index is 0.0555. The largest absolute Gasteiger partial charge is 0.444 e. The number of hydrogen-bond acceptors (Lipinski definition) is 4. The summed E-state index contributed by atoms with van der Waals surface area (Å²) in [7, 11) is 0. The predicted octanol–water partition coefficient (Wildman–Crippen LogP) is 2.25. The second-order valence-electron chi connectivity index (χ2n) is 5.14. The monoisotopic (exact) mass is 258 g/mol. The van der Waals surface area contributed by atoms with Crippen LogP contribution in [-0.2, 0) is 4.74 Å². The molecular weight excluding hydrogens is 236 g/mol. The van der Waals surface area contributed by atoms with E-state index in [1.54, 1.807) is 11.8 Å². The Balaban J connectivity index is 2.17. The standard InChI is InChI=1S/C12H22N2O2S/c1-12(2,3)16-11(15)14-6-4-10(13)9-5-7-17-8-9/h8,10H,4-7,13H2,1-3H3,(H,14,15). The van der Waals surface area contributed by atoms with Crippen molar-refractivity contribution in [2.75, 3.05) is 12.3 Å². The van der Waals surface area contributed by atoms with Gasteiger partial charge in [0.05, 0.1) is 0 Å². The molecule has 0 aromatic heterocycles. The first-order valence-electron chi connectivity index (χ1n) is 5.91. The molecule has 1 unspecified atom stereocenters. The molecule has 4 nitrogen and oxygen atoms in total. The third-order valence-electron chi connectivity index (χ3n) is 2.34. The lowest BCUT2D eigenvalue weighted by Crippen LogP contribution is -2.35. The van der Waals surface area contributed by atoms with Gasteiger partial charge in [-0.05, 0) is 44.6 Å². The number of nitrogens with one attached hydrogen (secondary N) is 1. The molecule has 0 aromatic rings. The quantitative estimate of drug-likeness (QED) is 0.811. The third-order valence-corrected chi connectivity index (χ3v) is 3.25. The van der Waals surface area contributed by atoms with Crippen molar-refractivity contribution >= 4 is 17.9 Å². The summed E-state index contributed by atoms with van der Waals surface area (Å²) in [5, 5.41) is 4.86. The molecular formula is C12H22N2O2S. The van der Waals surface area contributed by atoms with E-state index in [0.29, 0.717) is 6.54 Å². The highest BCUT2D eigenvalue weighted by atomic mass is 32.2. The molecule has 1 heterocycles. The van der Waals surface area contributed by atoms with Crippen LogP contribution >= 0.6 is 11.8 Å². The van der Waals surface area contributed by atoms with E-state index in [9.17, 15) is 4.79 Å². The molecule has 5 heteroatoms. The number of rotatable bonds is 4. The van der Waals surface area contributed by atoms with E-state index in [1.165, 1.54) is 5.57 Å². The van der Waals surface area contributed by atoms with Gasteiger partial charge in [-0.15, -0.1) is 11.8 Å². The van der Waals surface area contributed by atoms with Crippen LogP contribution < -0.4 is 11.1 Å². The number of carbonyl (C=O) groups excluding carboxylic acids is 1. The first-order chi connectivity index (χ1) is 7.88. The molecule has 1 amide bonds. The Bertz CT molecular complexity index is 297. The van der Waals surface area contributed by atoms with Crippen molar-refractivity contribution in [3.05, 3.63) is 11.0 Å². The van der Waals surface area contributed by atoms with Crippen LogP contribution in [0.25, 0.3) is 0 Å².